The molecule has 3 heteroatoms. The lowest BCUT2D eigenvalue weighted by atomic mass is 9.90. The van der Waals surface area contributed by atoms with Crippen LogP contribution < -0.4 is 4.74 Å². The van der Waals surface area contributed by atoms with Gasteiger partial charge in [-0.25, -0.2) is 0 Å². The second-order valence-corrected chi connectivity index (χ2v) is 4.44. The Morgan fingerprint density at radius 1 is 1.43 bits per heavy atom. The zero-order valence-corrected chi connectivity index (χ0v) is 9.53. The summed E-state index contributed by atoms with van der Waals surface area (Å²) in [5.74, 6) is 0.912. The van der Waals surface area contributed by atoms with Crippen LogP contribution in [0.3, 0.4) is 0 Å². The van der Waals surface area contributed by atoms with Crippen LogP contribution in [0.1, 0.15) is 29.3 Å². The molecule has 1 aromatic rings. The third kappa shape index (κ3) is 1.59. The van der Waals surface area contributed by atoms with Gasteiger partial charge in [0.2, 0.25) is 0 Å². The fourth-order valence-corrected chi connectivity index (χ4v) is 2.77. The second-order valence-electron chi connectivity index (χ2n) is 3.50. The van der Waals surface area contributed by atoms with E-state index >= 15 is 0 Å². The summed E-state index contributed by atoms with van der Waals surface area (Å²) >= 11 is 12.4. The second kappa shape index (κ2) is 4.00. The summed E-state index contributed by atoms with van der Waals surface area (Å²) in [5.41, 5.74) is 2.25. The summed E-state index contributed by atoms with van der Waals surface area (Å²) in [7, 11) is 1.68. The van der Waals surface area contributed by atoms with Gasteiger partial charge >= 0.3 is 0 Å². The highest BCUT2D eigenvalue weighted by atomic mass is 35.5. The van der Waals surface area contributed by atoms with Gasteiger partial charge < -0.3 is 4.74 Å². The fraction of sp³-hybridized carbons (Fsp3) is 0.455. The summed E-state index contributed by atoms with van der Waals surface area (Å²) in [6, 6.07) is 3.77. The highest BCUT2D eigenvalue weighted by Gasteiger charge is 2.23. The van der Waals surface area contributed by atoms with Gasteiger partial charge in [-0.05, 0) is 37.0 Å². The lowest BCUT2D eigenvalue weighted by molar-refractivity contribution is 0.406. The minimum atomic E-state index is 0.0429. The van der Waals surface area contributed by atoms with Crippen LogP contribution in [0.4, 0.5) is 0 Å². The number of rotatable bonds is 1. The van der Waals surface area contributed by atoms with E-state index in [9.17, 15) is 0 Å². The Labute approximate surface area is 94.0 Å². The average Bonchev–Trinajstić information content (AvgIpc) is 2.18. The Morgan fingerprint density at radius 3 is 2.93 bits per heavy atom. The number of benzene rings is 1. The smallest absolute Gasteiger partial charge is 0.122 e. The molecular weight excluding hydrogens is 219 g/mol. The van der Waals surface area contributed by atoms with Crippen LogP contribution in [-0.2, 0) is 6.42 Å². The van der Waals surface area contributed by atoms with E-state index < -0.39 is 0 Å². The molecular formula is C11H12Cl2O. The molecule has 1 unspecified atom stereocenters. The Hall–Kier alpha value is -0.400. The van der Waals surface area contributed by atoms with Crippen LogP contribution in [0.15, 0.2) is 12.1 Å². The number of alkyl halides is 1. The quantitative estimate of drug-likeness (QED) is 0.664. The van der Waals surface area contributed by atoms with Crippen LogP contribution in [0.5, 0.6) is 5.75 Å². The van der Waals surface area contributed by atoms with E-state index in [0.29, 0.717) is 0 Å². The predicted octanol–water partition coefficient (Wildman–Crippen LogP) is 3.96. The van der Waals surface area contributed by atoms with Gasteiger partial charge in [-0.1, -0.05) is 11.6 Å². The van der Waals surface area contributed by atoms with E-state index in [1.165, 1.54) is 5.56 Å². The molecule has 0 saturated heterocycles. The van der Waals surface area contributed by atoms with Gasteiger partial charge in [-0.3, -0.25) is 0 Å². The Morgan fingerprint density at radius 2 is 2.21 bits per heavy atom. The van der Waals surface area contributed by atoms with Gasteiger partial charge in [0.1, 0.15) is 5.75 Å². The molecule has 0 spiro atoms. The number of ether oxygens (including phenoxy) is 1. The molecule has 0 aromatic heterocycles. The SMILES string of the molecule is COc1ccc(Cl)c2c1CCCC2Cl. The first-order chi connectivity index (χ1) is 6.74. The number of methoxy groups -OCH3 is 1. The summed E-state index contributed by atoms with van der Waals surface area (Å²) in [4.78, 5) is 0. The van der Waals surface area contributed by atoms with Crippen molar-refractivity contribution in [2.45, 2.75) is 24.6 Å². The maximum atomic E-state index is 6.24. The molecule has 1 atom stereocenters. The lowest BCUT2D eigenvalue weighted by Crippen LogP contribution is -2.07. The van der Waals surface area contributed by atoms with Crippen molar-refractivity contribution in [3.63, 3.8) is 0 Å². The highest BCUT2D eigenvalue weighted by Crippen LogP contribution is 2.42. The van der Waals surface area contributed by atoms with Crippen molar-refractivity contribution < 1.29 is 4.74 Å². The van der Waals surface area contributed by atoms with Gasteiger partial charge in [-0.2, -0.15) is 0 Å². The van der Waals surface area contributed by atoms with E-state index in [2.05, 4.69) is 0 Å². The van der Waals surface area contributed by atoms with Crippen molar-refractivity contribution in [3.05, 3.63) is 28.3 Å². The predicted molar refractivity (Wildman–Crippen MR) is 59.5 cm³/mol. The van der Waals surface area contributed by atoms with Crippen LogP contribution >= 0.6 is 23.2 Å². The first kappa shape index (κ1) is 10.1. The van der Waals surface area contributed by atoms with E-state index in [-0.39, 0.29) is 5.38 Å². The zero-order chi connectivity index (χ0) is 10.1. The van der Waals surface area contributed by atoms with Crippen LogP contribution in [-0.4, -0.2) is 7.11 Å². The molecule has 0 heterocycles. The van der Waals surface area contributed by atoms with E-state index in [1.807, 2.05) is 12.1 Å². The molecule has 0 N–H and O–H groups in total. The minimum absolute atomic E-state index is 0.0429. The highest BCUT2D eigenvalue weighted by molar-refractivity contribution is 6.33. The molecule has 0 saturated carbocycles. The molecule has 2 rings (SSSR count). The molecule has 76 valence electrons. The molecule has 1 aromatic carbocycles. The molecule has 14 heavy (non-hydrogen) atoms. The van der Waals surface area contributed by atoms with Gasteiger partial charge in [-0.15, -0.1) is 11.6 Å². The van der Waals surface area contributed by atoms with Crippen LogP contribution in [0.25, 0.3) is 0 Å². The van der Waals surface area contributed by atoms with Crippen molar-refractivity contribution in [1.29, 1.82) is 0 Å². The monoisotopic (exact) mass is 230 g/mol. The Kier molecular flexibility index (Phi) is 2.89. The third-order valence-corrected chi connectivity index (χ3v) is 3.44. The number of fused-ring (bicyclic) bond motifs is 1. The first-order valence-corrected chi connectivity index (χ1v) is 5.55. The largest absolute Gasteiger partial charge is 0.496 e. The van der Waals surface area contributed by atoms with Crippen LogP contribution in [0.2, 0.25) is 5.02 Å². The molecule has 1 aliphatic carbocycles. The summed E-state index contributed by atoms with van der Waals surface area (Å²) < 4.78 is 5.30. The van der Waals surface area contributed by atoms with E-state index in [4.69, 9.17) is 27.9 Å². The summed E-state index contributed by atoms with van der Waals surface area (Å²) in [5, 5.41) is 0.807. The molecule has 0 bridgehead atoms. The molecule has 1 aliphatic rings. The van der Waals surface area contributed by atoms with Gasteiger partial charge in [0.25, 0.3) is 0 Å². The van der Waals surface area contributed by atoms with Crippen molar-refractivity contribution >= 4 is 23.2 Å². The van der Waals surface area contributed by atoms with Crippen LogP contribution in [0, 0.1) is 0 Å². The molecule has 0 amide bonds. The molecule has 0 fully saturated rings. The Bertz CT molecular complexity index is 349. The van der Waals surface area contributed by atoms with Gasteiger partial charge in [0, 0.05) is 10.6 Å². The number of hydrogen-bond acceptors (Lipinski definition) is 1. The molecule has 0 radical (unpaired) electrons. The van der Waals surface area contributed by atoms with Crippen molar-refractivity contribution in [1.82, 2.24) is 0 Å². The van der Waals surface area contributed by atoms with Crippen molar-refractivity contribution in [3.8, 4) is 5.75 Å². The topological polar surface area (TPSA) is 9.23 Å². The van der Waals surface area contributed by atoms with E-state index in [1.54, 1.807) is 7.11 Å². The molecule has 0 aliphatic heterocycles. The van der Waals surface area contributed by atoms with Gasteiger partial charge in [0.15, 0.2) is 0 Å². The standard InChI is InChI=1S/C11H12Cl2O/c1-14-10-6-5-9(13)11-7(10)3-2-4-8(11)12/h5-6,8H,2-4H2,1H3. The summed E-state index contributed by atoms with van der Waals surface area (Å²) in [6.07, 6.45) is 3.13. The first-order valence-electron chi connectivity index (χ1n) is 4.73. The average molecular weight is 231 g/mol. The zero-order valence-electron chi connectivity index (χ0n) is 8.02. The fourth-order valence-electron chi connectivity index (χ4n) is 2.01. The maximum Gasteiger partial charge on any atom is 0.122 e. The normalized spacial score (nSPS) is 20.4. The summed E-state index contributed by atoms with van der Waals surface area (Å²) in [6.45, 7) is 0. The van der Waals surface area contributed by atoms with Crippen molar-refractivity contribution in [2.75, 3.05) is 7.11 Å². The number of hydrogen-bond donors (Lipinski definition) is 0. The van der Waals surface area contributed by atoms with E-state index in [0.717, 1.165) is 35.6 Å². The Balaban J connectivity index is 2.57. The minimum Gasteiger partial charge on any atom is -0.496 e. The lowest BCUT2D eigenvalue weighted by Gasteiger charge is -2.23. The molecule has 1 nitrogen and oxygen atoms in total. The van der Waals surface area contributed by atoms with Crippen molar-refractivity contribution in [2.24, 2.45) is 0 Å². The maximum absolute atomic E-state index is 6.24. The number of halogens is 2. The van der Waals surface area contributed by atoms with Gasteiger partial charge in [0.05, 0.1) is 12.5 Å². The third-order valence-electron chi connectivity index (χ3n) is 2.68.